The molecule has 3 fully saturated rings. The molecule has 0 radical (unpaired) electrons. The maximum absolute atomic E-state index is 12.8. The van der Waals surface area contributed by atoms with Crippen molar-refractivity contribution in [2.45, 2.75) is 85.5 Å². The van der Waals surface area contributed by atoms with Crippen molar-refractivity contribution in [3.63, 3.8) is 0 Å². The van der Waals surface area contributed by atoms with E-state index in [-0.39, 0.29) is 34.9 Å². The number of ketones is 1. The highest BCUT2D eigenvalue weighted by molar-refractivity contribution is 5.89. The highest BCUT2D eigenvalue weighted by atomic mass is 16.5. The predicted molar refractivity (Wildman–Crippen MR) is 118 cm³/mol. The number of rotatable bonds is 2. The number of aliphatic hydroxyl groups excluding tert-OH is 1. The van der Waals surface area contributed by atoms with Crippen molar-refractivity contribution in [1.82, 2.24) is 0 Å². The number of Topliss-reactive ketones (excluding diaryl/α,β-unsaturated/α-hetero) is 1. The average molecular weight is 445 g/mol. The maximum atomic E-state index is 12.8. The lowest BCUT2D eigenvalue weighted by Crippen LogP contribution is -2.55. The van der Waals surface area contributed by atoms with Crippen LogP contribution in [0.15, 0.2) is 23.8 Å². The fourth-order valence-corrected chi connectivity index (χ4v) is 6.77. The molecule has 0 amide bonds. The highest BCUT2D eigenvalue weighted by Crippen LogP contribution is 2.64. The van der Waals surface area contributed by atoms with E-state index in [1.165, 1.54) is 6.92 Å². The highest BCUT2D eigenvalue weighted by Gasteiger charge is 2.64. The summed E-state index contributed by atoms with van der Waals surface area (Å²) in [7, 11) is 0. The summed E-state index contributed by atoms with van der Waals surface area (Å²) in [6, 6.07) is 0. The molecule has 0 bridgehead atoms. The Morgan fingerprint density at radius 3 is 2.44 bits per heavy atom. The van der Waals surface area contributed by atoms with Crippen LogP contribution in [-0.4, -0.2) is 41.1 Å². The molecule has 4 aliphatic carbocycles. The number of hydrogen-bond acceptors (Lipinski definition) is 6. The minimum absolute atomic E-state index is 0.0173. The second kappa shape index (κ2) is 7.54. The Balaban J connectivity index is 1.60. The van der Waals surface area contributed by atoms with Crippen LogP contribution in [0.3, 0.4) is 0 Å². The zero-order valence-electron chi connectivity index (χ0n) is 20.0. The smallest absolute Gasteiger partial charge is 0.312 e. The van der Waals surface area contributed by atoms with Gasteiger partial charge in [0, 0.05) is 24.2 Å². The van der Waals surface area contributed by atoms with Crippen molar-refractivity contribution in [2.75, 3.05) is 0 Å². The van der Waals surface area contributed by atoms with E-state index in [0.29, 0.717) is 12.8 Å². The standard InChI is InChI=1S/C26H36O6/c1-14(27)31-22-20(29)13-18-21-17(8-10-26(18,22)6)25(5)9-7-16(11-15(25)12-19(21)28)32-23(30)24(2,3)4/h7,9,11,16-19,21-22,28H,8,10,12-13H2,1-6H3/t16-,17-,18-,19-,21+,22?,25-,26-/m0/s1. The predicted octanol–water partition coefficient (Wildman–Crippen LogP) is 3.76. The zero-order chi connectivity index (χ0) is 23.6. The minimum Gasteiger partial charge on any atom is -0.454 e. The van der Waals surface area contributed by atoms with E-state index < -0.39 is 35.1 Å². The molecule has 0 aliphatic heterocycles. The second-order valence-corrected chi connectivity index (χ2v) is 11.7. The molecule has 0 heterocycles. The molecule has 0 spiro atoms. The molecule has 3 saturated carbocycles. The first-order chi connectivity index (χ1) is 14.8. The summed E-state index contributed by atoms with van der Waals surface area (Å²) < 4.78 is 11.2. The molecule has 1 unspecified atom stereocenters. The number of hydrogen-bond donors (Lipinski definition) is 1. The van der Waals surface area contributed by atoms with Crippen molar-refractivity contribution in [2.24, 2.45) is 34.0 Å². The van der Waals surface area contributed by atoms with Gasteiger partial charge in [-0.25, -0.2) is 0 Å². The van der Waals surface area contributed by atoms with Gasteiger partial charge in [0.05, 0.1) is 11.5 Å². The van der Waals surface area contributed by atoms with Gasteiger partial charge in [0.15, 0.2) is 11.9 Å². The van der Waals surface area contributed by atoms with Gasteiger partial charge >= 0.3 is 11.9 Å². The Morgan fingerprint density at radius 1 is 1.12 bits per heavy atom. The summed E-state index contributed by atoms with van der Waals surface area (Å²) in [6.07, 6.45) is 6.82. The third kappa shape index (κ3) is 3.55. The van der Waals surface area contributed by atoms with E-state index in [9.17, 15) is 19.5 Å². The molecule has 1 N–H and O–H groups in total. The van der Waals surface area contributed by atoms with Crippen LogP contribution in [0.1, 0.15) is 67.2 Å². The monoisotopic (exact) mass is 444 g/mol. The van der Waals surface area contributed by atoms with E-state index in [0.717, 1.165) is 18.4 Å². The lowest BCUT2D eigenvalue weighted by atomic mass is 9.47. The Bertz CT molecular complexity index is 894. The largest absolute Gasteiger partial charge is 0.454 e. The summed E-state index contributed by atoms with van der Waals surface area (Å²) in [4.78, 5) is 36.8. The van der Waals surface area contributed by atoms with Crippen LogP contribution >= 0.6 is 0 Å². The molecule has 176 valence electrons. The summed E-state index contributed by atoms with van der Waals surface area (Å²) in [6.45, 7) is 11.1. The number of ether oxygens (including phenoxy) is 2. The van der Waals surface area contributed by atoms with E-state index in [1.54, 1.807) is 0 Å². The maximum Gasteiger partial charge on any atom is 0.312 e. The van der Waals surface area contributed by atoms with Crippen molar-refractivity contribution in [1.29, 1.82) is 0 Å². The normalized spacial score (nSPS) is 43.0. The van der Waals surface area contributed by atoms with E-state index >= 15 is 0 Å². The Kier molecular flexibility index (Phi) is 5.47. The molecule has 32 heavy (non-hydrogen) atoms. The molecule has 8 atom stereocenters. The molecular formula is C26H36O6. The average Bonchev–Trinajstić information content (AvgIpc) is 2.92. The van der Waals surface area contributed by atoms with Crippen molar-refractivity contribution < 1.29 is 29.0 Å². The van der Waals surface area contributed by atoms with Gasteiger partial charge in [-0.3, -0.25) is 14.4 Å². The first-order valence-electron chi connectivity index (χ1n) is 11.8. The summed E-state index contributed by atoms with van der Waals surface area (Å²) in [5.74, 6) is -0.596. The third-order valence-electron chi connectivity index (χ3n) is 8.56. The van der Waals surface area contributed by atoms with E-state index in [1.807, 2.05) is 39.8 Å². The Hall–Kier alpha value is -1.95. The first kappa shape index (κ1) is 23.2. The molecule has 0 aromatic rings. The van der Waals surface area contributed by atoms with Gasteiger partial charge in [0.25, 0.3) is 0 Å². The van der Waals surface area contributed by atoms with Crippen molar-refractivity contribution in [3.8, 4) is 0 Å². The molecule has 6 nitrogen and oxygen atoms in total. The number of esters is 2. The van der Waals surface area contributed by atoms with Crippen LogP contribution in [0.25, 0.3) is 0 Å². The Morgan fingerprint density at radius 2 is 1.81 bits per heavy atom. The van der Waals surface area contributed by atoms with Crippen LogP contribution in [0, 0.1) is 34.0 Å². The van der Waals surface area contributed by atoms with Gasteiger partial charge in [-0.1, -0.05) is 25.5 Å². The lowest BCUT2D eigenvalue weighted by Gasteiger charge is -2.58. The van der Waals surface area contributed by atoms with Gasteiger partial charge in [0.1, 0.15) is 6.10 Å². The van der Waals surface area contributed by atoms with Crippen LogP contribution < -0.4 is 0 Å². The number of carbonyl (C=O) groups is 3. The molecule has 4 aliphatic rings. The molecule has 4 rings (SSSR count). The molecule has 0 aromatic heterocycles. The van der Waals surface area contributed by atoms with Gasteiger partial charge < -0.3 is 14.6 Å². The number of fused-ring (bicyclic) bond motifs is 5. The summed E-state index contributed by atoms with van der Waals surface area (Å²) >= 11 is 0. The molecule has 0 saturated heterocycles. The van der Waals surface area contributed by atoms with Crippen molar-refractivity contribution in [3.05, 3.63) is 23.8 Å². The quantitative estimate of drug-likeness (QED) is 0.515. The van der Waals surface area contributed by atoms with Crippen molar-refractivity contribution >= 4 is 17.7 Å². The molecular weight excluding hydrogens is 408 g/mol. The SMILES string of the molecule is CC(=O)OC1C(=O)C[C@H]2[C@@H]3[C@@H](O)CC4=C[C@@H](OC(=O)C(C)(C)C)C=C[C@]4(C)[C@H]3CC[C@]12C. The topological polar surface area (TPSA) is 89.9 Å². The zero-order valence-corrected chi connectivity index (χ0v) is 20.0. The van der Waals surface area contributed by atoms with Gasteiger partial charge in [-0.15, -0.1) is 0 Å². The van der Waals surface area contributed by atoms with Gasteiger partial charge in [-0.05, 0) is 69.9 Å². The first-order valence-corrected chi connectivity index (χ1v) is 11.8. The van der Waals surface area contributed by atoms with Gasteiger partial charge in [0.2, 0.25) is 0 Å². The van der Waals surface area contributed by atoms with Gasteiger partial charge in [-0.2, -0.15) is 0 Å². The fourth-order valence-electron chi connectivity index (χ4n) is 6.77. The van der Waals surface area contributed by atoms with E-state index in [2.05, 4.69) is 13.0 Å². The van der Waals surface area contributed by atoms with E-state index in [4.69, 9.17) is 9.47 Å². The Labute approximate surface area is 190 Å². The fraction of sp³-hybridized carbons (Fsp3) is 0.731. The number of allylic oxidation sites excluding steroid dienone is 1. The van der Waals surface area contributed by atoms with Crippen LogP contribution in [-0.2, 0) is 23.9 Å². The van der Waals surface area contributed by atoms with Crippen LogP contribution in [0.5, 0.6) is 0 Å². The number of carbonyl (C=O) groups excluding carboxylic acids is 3. The molecule has 0 aromatic carbocycles. The lowest BCUT2D eigenvalue weighted by molar-refractivity contribution is -0.163. The number of aliphatic hydroxyl groups is 1. The minimum atomic E-state index is -0.717. The summed E-state index contributed by atoms with van der Waals surface area (Å²) in [5, 5.41) is 11.3. The van der Waals surface area contributed by atoms with Crippen LogP contribution in [0.4, 0.5) is 0 Å². The third-order valence-corrected chi connectivity index (χ3v) is 8.56. The molecule has 6 heteroatoms. The second-order valence-electron chi connectivity index (χ2n) is 11.7. The van der Waals surface area contributed by atoms with Crippen LogP contribution in [0.2, 0.25) is 0 Å². The summed E-state index contributed by atoms with van der Waals surface area (Å²) in [5.41, 5.74) is -0.166.